The zero-order valence-corrected chi connectivity index (χ0v) is 20.4. The molecule has 2 aromatic heterocycles. The first kappa shape index (κ1) is 21.3. The maximum Gasteiger partial charge on any atom is 0.213 e. The lowest BCUT2D eigenvalue weighted by molar-refractivity contribution is -0.660. The highest BCUT2D eigenvalue weighted by atomic mass is 32.1. The first-order chi connectivity index (χ1) is 17.1. The van der Waals surface area contributed by atoms with E-state index in [-0.39, 0.29) is 0 Å². The Kier molecular flexibility index (Phi) is 5.17. The smallest absolute Gasteiger partial charge is 0.213 e. The van der Waals surface area contributed by atoms with Gasteiger partial charge >= 0.3 is 0 Å². The number of hydrogen-bond donors (Lipinski definition) is 0. The lowest BCUT2D eigenvalue weighted by atomic mass is 9.97. The summed E-state index contributed by atoms with van der Waals surface area (Å²) in [5.74, 6) is 0. The van der Waals surface area contributed by atoms with E-state index in [2.05, 4.69) is 102 Å². The molecule has 2 heterocycles. The molecule has 0 spiro atoms. The van der Waals surface area contributed by atoms with Gasteiger partial charge in [-0.05, 0) is 46.9 Å². The molecule has 0 unspecified atom stereocenters. The Morgan fingerprint density at radius 1 is 0.714 bits per heavy atom. The average Bonchev–Trinajstić information content (AvgIpc) is 3.28. The van der Waals surface area contributed by atoms with Crippen molar-refractivity contribution < 1.29 is 4.57 Å². The third-order valence-electron chi connectivity index (χ3n) is 6.69. The molecule has 166 valence electrons. The van der Waals surface area contributed by atoms with Crippen molar-refractivity contribution in [3.05, 3.63) is 120 Å². The number of aryl methyl sites for hydroxylation is 2. The van der Waals surface area contributed by atoms with E-state index in [0.717, 1.165) is 11.1 Å². The summed E-state index contributed by atoms with van der Waals surface area (Å²) in [5.41, 5.74) is 9.24. The number of fused-ring (bicyclic) bond motifs is 3. The van der Waals surface area contributed by atoms with Crippen molar-refractivity contribution in [3.8, 4) is 33.5 Å². The molecule has 4 aromatic carbocycles. The van der Waals surface area contributed by atoms with Crippen LogP contribution in [0.3, 0.4) is 0 Å². The molecule has 0 N–H and O–H groups in total. The summed E-state index contributed by atoms with van der Waals surface area (Å²) >= 11 is 1.89. The molecular weight excluding hydrogens is 444 g/mol. The van der Waals surface area contributed by atoms with Crippen molar-refractivity contribution in [3.63, 3.8) is 0 Å². The van der Waals surface area contributed by atoms with E-state index >= 15 is 0 Å². The van der Waals surface area contributed by atoms with E-state index in [4.69, 9.17) is 6.57 Å². The molecule has 6 aromatic rings. The van der Waals surface area contributed by atoms with Gasteiger partial charge < -0.3 is 0 Å². The summed E-state index contributed by atoms with van der Waals surface area (Å²) in [4.78, 5) is 3.52. The molecule has 3 heteroatoms. The summed E-state index contributed by atoms with van der Waals surface area (Å²) in [6, 6.07) is 34.1. The SMILES string of the molecule is [C-]#[N+]c1ccc(-c2cccc(-c3cccc4c3sc3c(-c5cccc[n+]5C)c(C)ccc34)c2)cc1. The molecule has 0 radical (unpaired) electrons. The number of benzene rings is 4. The van der Waals surface area contributed by atoms with Crippen LogP contribution in [0.15, 0.2) is 103 Å². The number of thiophene rings is 1. The van der Waals surface area contributed by atoms with Gasteiger partial charge in [0, 0.05) is 32.3 Å². The van der Waals surface area contributed by atoms with Gasteiger partial charge in [-0.3, -0.25) is 0 Å². The molecule has 6 rings (SSSR count). The Labute approximate surface area is 209 Å². The van der Waals surface area contributed by atoms with Gasteiger partial charge in [-0.25, -0.2) is 9.41 Å². The third-order valence-corrected chi connectivity index (χ3v) is 7.96. The monoisotopic (exact) mass is 467 g/mol. The molecule has 0 saturated heterocycles. The zero-order chi connectivity index (χ0) is 23.9. The Hall–Kier alpha value is -4.26. The quantitative estimate of drug-likeness (QED) is 0.182. The Morgan fingerprint density at radius 3 is 2.29 bits per heavy atom. The van der Waals surface area contributed by atoms with E-state index in [1.165, 1.54) is 48.1 Å². The average molecular weight is 468 g/mol. The topological polar surface area (TPSA) is 8.24 Å². The number of rotatable bonds is 3. The van der Waals surface area contributed by atoms with Crippen molar-refractivity contribution in [1.29, 1.82) is 0 Å². The normalized spacial score (nSPS) is 11.1. The van der Waals surface area contributed by atoms with Crippen LogP contribution in [0.5, 0.6) is 0 Å². The third kappa shape index (κ3) is 3.60. The highest BCUT2D eigenvalue weighted by Gasteiger charge is 2.19. The Balaban J connectivity index is 1.56. The number of pyridine rings is 1. The minimum absolute atomic E-state index is 0.665. The molecular formula is C32H23N2S+. The lowest BCUT2D eigenvalue weighted by Crippen LogP contribution is -2.30. The highest BCUT2D eigenvalue weighted by molar-refractivity contribution is 7.26. The van der Waals surface area contributed by atoms with Crippen LogP contribution in [0.25, 0.3) is 58.5 Å². The second kappa shape index (κ2) is 8.51. The summed E-state index contributed by atoms with van der Waals surface area (Å²) in [6.07, 6.45) is 2.11. The second-order valence-corrected chi connectivity index (χ2v) is 9.88. The summed E-state index contributed by atoms with van der Waals surface area (Å²) in [5, 5.41) is 2.61. The van der Waals surface area contributed by atoms with E-state index in [9.17, 15) is 0 Å². The molecule has 0 saturated carbocycles. The van der Waals surface area contributed by atoms with Crippen LogP contribution in [0.2, 0.25) is 0 Å². The van der Waals surface area contributed by atoms with Crippen LogP contribution in [-0.4, -0.2) is 0 Å². The maximum atomic E-state index is 7.21. The van der Waals surface area contributed by atoms with Gasteiger partial charge in [0.05, 0.1) is 12.1 Å². The summed E-state index contributed by atoms with van der Waals surface area (Å²) in [7, 11) is 2.11. The van der Waals surface area contributed by atoms with Crippen LogP contribution in [0.1, 0.15) is 5.56 Å². The molecule has 0 aliphatic rings. The van der Waals surface area contributed by atoms with Gasteiger partial charge in [0.2, 0.25) is 5.69 Å². The minimum atomic E-state index is 0.665. The maximum absolute atomic E-state index is 7.21. The van der Waals surface area contributed by atoms with Crippen molar-refractivity contribution >= 4 is 37.2 Å². The lowest BCUT2D eigenvalue weighted by Gasteiger charge is -2.07. The molecule has 0 atom stereocenters. The number of hydrogen-bond acceptors (Lipinski definition) is 1. The molecule has 0 amide bonds. The molecule has 0 aliphatic heterocycles. The van der Waals surface area contributed by atoms with Gasteiger partial charge in [-0.2, -0.15) is 0 Å². The van der Waals surface area contributed by atoms with Crippen molar-refractivity contribution in [2.75, 3.05) is 0 Å². The summed E-state index contributed by atoms with van der Waals surface area (Å²) in [6.45, 7) is 9.41. The standard InChI is InChI=1S/C32H23N2S/c1-21-13-18-28-27-11-7-10-26(31(27)35-32(28)30(21)29-12-4-5-19-34(29)3)24-9-6-8-23(20-24)22-14-16-25(33-2)17-15-22/h4-20H,1,3H3/q+1. The zero-order valence-electron chi connectivity index (χ0n) is 19.6. The molecule has 0 fully saturated rings. The van der Waals surface area contributed by atoms with E-state index in [1.54, 1.807) is 0 Å². The first-order valence-electron chi connectivity index (χ1n) is 11.6. The van der Waals surface area contributed by atoms with E-state index < -0.39 is 0 Å². The first-order valence-corrected chi connectivity index (χ1v) is 12.4. The second-order valence-electron chi connectivity index (χ2n) is 8.85. The van der Waals surface area contributed by atoms with E-state index in [0.29, 0.717) is 5.69 Å². The molecule has 0 aliphatic carbocycles. The van der Waals surface area contributed by atoms with Crippen LogP contribution < -0.4 is 4.57 Å². The van der Waals surface area contributed by atoms with Crippen LogP contribution in [-0.2, 0) is 7.05 Å². The fourth-order valence-corrected chi connectivity index (χ4v) is 6.33. The Bertz CT molecular complexity index is 1770. The van der Waals surface area contributed by atoms with Crippen molar-refractivity contribution in [2.24, 2.45) is 7.05 Å². The van der Waals surface area contributed by atoms with Gasteiger partial charge in [0.15, 0.2) is 11.9 Å². The predicted octanol–water partition coefficient (Wildman–Crippen LogP) is 8.74. The highest BCUT2D eigenvalue weighted by Crippen LogP contribution is 2.44. The van der Waals surface area contributed by atoms with Gasteiger partial charge in [0.25, 0.3) is 0 Å². The fourth-order valence-electron chi connectivity index (χ4n) is 4.88. The van der Waals surface area contributed by atoms with E-state index in [1.807, 2.05) is 35.6 Å². The fraction of sp³-hybridized carbons (Fsp3) is 0.0625. The molecule has 0 bridgehead atoms. The molecule has 35 heavy (non-hydrogen) atoms. The van der Waals surface area contributed by atoms with Crippen molar-refractivity contribution in [1.82, 2.24) is 0 Å². The van der Waals surface area contributed by atoms with Gasteiger partial charge in [0.1, 0.15) is 7.05 Å². The minimum Gasteiger partial charge on any atom is -0.238 e. The van der Waals surface area contributed by atoms with Gasteiger partial charge in [-0.15, -0.1) is 11.3 Å². The van der Waals surface area contributed by atoms with Crippen LogP contribution >= 0.6 is 11.3 Å². The molecule has 2 nitrogen and oxygen atoms in total. The number of aromatic nitrogens is 1. The Morgan fingerprint density at radius 2 is 1.49 bits per heavy atom. The van der Waals surface area contributed by atoms with Crippen LogP contribution in [0, 0.1) is 13.5 Å². The van der Waals surface area contributed by atoms with Crippen LogP contribution in [0.4, 0.5) is 5.69 Å². The largest absolute Gasteiger partial charge is 0.238 e. The van der Waals surface area contributed by atoms with Crippen molar-refractivity contribution in [2.45, 2.75) is 6.92 Å². The van der Waals surface area contributed by atoms with Gasteiger partial charge in [-0.1, -0.05) is 72.8 Å². The summed E-state index contributed by atoms with van der Waals surface area (Å²) < 4.78 is 4.85. The number of nitrogens with zero attached hydrogens (tertiary/aromatic N) is 2. The predicted molar refractivity (Wildman–Crippen MR) is 148 cm³/mol.